The van der Waals surface area contributed by atoms with Crippen molar-refractivity contribution in [3.63, 3.8) is 0 Å². The molecule has 0 spiro atoms. The Morgan fingerprint density at radius 2 is 1.63 bits per heavy atom. The zero-order chi connectivity index (χ0) is 24.9. The van der Waals surface area contributed by atoms with Crippen LogP contribution in [0.2, 0.25) is 0 Å². The molecule has 0 saturated heterocycles. The second-order valence-electron chi connectivity index (χ2n) is 8.16. The first-order valence-corrected chi connectivity index (χ1v) is 11.7. The molecule has 0 fully saturated rings. The number of amides is 2. The Morgan fingerprint density at radius 3 is 2.31 bits per heavy atom. The smallest absolute Gasteiger partial charge is 0.340 e. The third-order valence-corrected chi connectivity index (χ3v) is 5.96. The summed E-state index contributed by atoms with van der Waals surface area (Å²) in [6.45, 7) is 5.38. The number of hydrogen-bond acceptors (Lipinski definition) is 5. The van der Waals surface area contributed by atoms with Crippen LogP contribution < -0.4 is 5.32 Å². The van der Waals surface area contributed by atoms with Crippen molar-refractivity contribution in [3.05, 3.63) is 95.2 Å². The maximum absolute atomic E-state index is 13.3. The highest BCUT2D eigenvalue weighted by molar-refractivity contribution is 5.96. The number of fused-ring (bicyclic) bond motifs is 1. The van der Waals surface area contributed by atoms with Crippen LogP contribution >= 0.6 is 0 Å². The molecule has 35 heavy (non-hydrogen) atoms. The summed E-state index contributed by atoms with van der Waals surface area (Å²) < 4.78 is 11.0. The largest absolute Gasteiger partial charge is 0.463 e. The van der Waals surface area contributed by atoms with Crippen molar-refractivity contribution in [2.24, 2.45) is 0 Å². The average Bonchev–Trinajstić information content (AvgIpc) is 2.88. The molecule has 2 amide bonds. The number of ether oxygens (including phenoxy) is 2. The van der Waals surface area contributed by atoms with Gasteiger partial charge < -0.3 is 14.8 Å². The highest BCUT2D eigenvalue weighted by Gasteiger charge is 2.40. The molecule has 0 radical (unpaired) electrons. The summed E-state index contributed by atoms with van der Waals surface area (Å²) in [5, 5.41) is 4.98. The van der Waals surface area contributed by atoms with Crippen LogP contribution in [0.4, 0.5) is 4.79 Å². The predicted octanol–water partition coefficient (Wildman–Crippen LogP) is 5.34. The van der Waals surface area contributed by atoms with Gasteiger partial charge in [0.15, 0.2) is 6.23 Å². The van der Waals surface area contributed by atoms with Gasteiger partial charge in [-0.2, -0.15) is 0 Å². The molecule has 3 aromatic carbocycles. The number of hydrogen-bond donors (Lipinski definition) is 1. The third-order valence-electron chi connectivity index (χ3n) is 5.96. The topological polar surface area (TPSA) is 84.9 Å². The Labute approximate surface area is 204 Å². The highest BCUT2D eigenvalue weighted by Crippen LogP contribution is 2.35. The lowest BCUT2D eigenvalue weighted by atomic mass is 9.92. The van der Waals surface area contributed by atoms with E-state index in [0.717, 1.165) is 16.3 Å². The van der Waals surface area contributed by atoms with E-state index in [1.165, 1.54) is 4.90 Å². The molecule has 1 N–H and O–H groups in total. The second kappa shape index (κ2) is 10.4. The fourth-order valence-corrected chi connectivity index (χ4v) is 4.36. The number of benzene rings is 3. The van der Waals surface area contributed by atoms with Gasteiger partial charge in [-0.1, -0.05) is 61.5 Å². The molecule has 4 rings (SSSR count). The summed E-state index contributed by atoms with van der Waals surface area (Å²) in [5.41, 5.74) is 1.92. The number of urea groups is 1. The molecule has 1 aliphatic heterocycles. The molecule has 7 nitrogen and oxygen atoms in total. The SMILES string of the molecule is CCOC(=O)C1=C(CC)N(C(C)OC(=O)c2ccccc2)C(=O)NC1c1ccc2ccccc2c1. The van der Waals surface area contributed by atoms with Crippen molar-refractivity contribution in [3.8, 4) is 0 Å². The minimum Gasteiger partial charge on any atom is -0.463 e. The maximum atomic E-state index is 13.3. The Bertz CT molecular complexity index is 1280. The highest BCUT2D eigenvalue weighted by atomic mass is 16.6. The van der Waals surface area contributed by atoms with Gasteiger partial charge >= 0.3 is 18.0 Å². The van der Waals surface area contributed by atoms with E-state index in [4.69, 9.17) is 9.47 Å². The monoisotopic (exact) mass is 472 g/mol. The molecule has 2 unspecified atom stereocenters. The minimum atomic E-state index is -0.945. The molecule has 2 atom stereocenters. The van der Waals surface area contributed by atoms with Gasteiger partial charge in [-0.25, -0.2) is 14.4 Å². The number of carbonyl (C=O) groups is 3. The van der Waals surface area contributed by atoms with Crippen LogP contribution in [0.25, 0.3) is 10.8 Å². The summed E-state index contributed by atoms with van der Waals surface area (Å²) in [6.07, 6.45) is -0.585. The van der Waals surface area contributed by atoms with Crippen molar-refractivity contribution in [1.82, 2.24) is 10.2 Å². The van der Waals surface area contributed by atoms with Crippen molar-refractivity contribution in [2.45, 2.75) is 39.5 Å². The summed E-state index contributed by atoms with van der Waals surface area (Å²) >= 11 is 0. The molecule has 3 aromatic rings. The van der Waals surface area contributed by atoms with Crippen molar-refractivity contribution in [2.75, 3.05) is 6.61 Å². The van der Waals surface area contributed by atoms with Gasteiger partial charge in [0.1, 0.15) is 0 Å². The summed E-state index contributed by atoms with van der Waals surface area (Å²) in [6, 6.07) is 21.1. The zero-order valence-electron chi connectivity index (χ0n) is 20.0. The van der Waals surface area contributed by atoms with E-state index in [0.29, 0.717) is 23.3 Å². The lowest BCUT2D eigenvalue weighted by Gasteiger charge is -2.39. The van der Waals surface area contributed by atoms with E-state index in [-0.39, 0.29) is 6.61 Å². The molecule has 1 aliphatic rings. The van der Waals surface area contributed by atoms with Crippen LogP contribution in [-0.4, -0.2) is 35.7 Å². The number of nitrogens with one attached hydrogen (secondary N) is 1. The first-order chi connectivity index (χ1) is 16.9. The number of nitrogens with zero attached hydrogens (tertiary/aromatic N) is 1. The molecule has 180 valence electrons. The van der Waals surface area contributed by atoms with Gasteiger partial charge in [-0.3, -0.25) is 4.90 Å². The molecule has 0 aliphatic carbocycles. The van der Waals surface area contributed by atoms with E-state index in [9.17, 15) is 14.4 Å². The second-order valence-corrected chi connectivity index (χ2v) is 8.16. The fourth-order valence-electron chi connectivity index (χ4n) is 4.36. The molecular formula is C28H28N2O5. The summed E-state index contributed by atoms with van der Waals surface area (Å²) in [5.74, 6) is -1.08. The van der Waals surface area contributed by atoms with E-state index in [1.807, 2.05) is 49.4 Å². The maximum Gasteiger partial charge on any atom is 0.340 e. The number of rotatable bonds is 7. The van der Waals surface area contributed by atoms with Gasteiger partial charge in [-0.05, 0) is 54.8 Å². The van der Waals surface area contributed by atoms with Crippen LogP contribution in [0.15, 0.2) is 84.1 Å². The molecular weight excluding hydrogens is 444 g/mol. The van der Waals surface area contributed by atoms with E-state index >= 15 is 0 Å². The van der Waals surface area contributed by atoms with Crippen LogP contribution in [0.3, 0.4) is 0 Å². The third kappa shape index (κ3) is 4.89. The Kier molecular flexibility index (Phi) is 7.15. The van der Waals surface area contributed by atoms with Crippen molar-refractivity contribution in [1.29, 1.82) is 0 Å². The molecule has 1 heterocycles. The Morgan fingerprint density at radius 1 is 0.943 bits per heavy atom. The Hall–Kier alpha value is -4.13. The quantitative estimate of drug-likeness (QED) is 0.470. The average molecular weight is 473 g/mol. The van der Waals surface area contributed by atoms with Crippen LogP contribution in [-0.2, 0) is 14.3 Å². The van der Waals surface area contributed by atoms with Crippen LogP contribution in [0.5, 0.6) is 0 Å². The summed E-state index contributed by atoms with van der Waals surface area (Å²) in [7, 11) is 0. The standard InChI is InChI=1S/C28H28N2O5/c1-4-23-24(27(32)34-5-2)25(22-16-15-19-11-9-10-14-21(19)17-22)29-28(33)30(23)18(3)35-26(31)20-12-7-6-8-13-20/h6-18,25H,4-5H2,1-3H3,(H,29,33). The molecule has 7 heteroatoms. The van der Waals surface area contributed by atoms with Gasteiger partial charge in [0.25, 0.3) is 0 Å². The Balaban J connectivity index is 1.74. The number of carbonyl (C=O) groups excluding carboxylic acids is 3. The molecule has 0 aromatic heterocycles. The normalized spacial score (nSPS) is 16.6. The van der Waals surface area contributed by atoms with Gasteiger partial charge in [0, 0.05) is 5.70 Å². The summed E-state index contributed by atoms with van der Waals surface area (Å²) in [4.78, 5) is 40.5. The molecule has 0 bridgehead atoms. The van der Waals surface area contributed by atoms with Crippen molar-refractivity contribution < 1.29 is 23.9 Å². The van der Waals surface area contributed by atoms with E-state index in [1.54, 1.807) is 44.2 Å². The van der Waals surface area contributed by atoms with Crippen molar-refractivity contribution >= 4 is 28.7 Å². The number of allylic oxidation sites excluding steroid dienone is 1. The van der Waals surface area contributed by atoms with Gasteiger partial charge in [0.2, 0.25) is 0 Å². The minimum absolute atomic E-state index is 0.191. The van der Waals surface area contributed by atoms with E-state index in [2.05, 4.69) is 5.32 Å². The number of esters is 2. The fraction of sp³-hybridized carbons (Fsp3) is 0.250. The first-order valence-electron chi connectivity index (χ1n) is 11.7. The van der Waals surface area contributed by atoms with Crippen LogP contribution in [0.1, 0.15) is 49.2 Å². The van der Waals surface area contributed by atoms with Gasteiger partial charge in [0.05, 0.1) is 23.8 Å². The molecule has 0 saturated carbocycles. The van der Waals surface area contributed by atoms with Crippen LogP contribution in [0, 0.1) is 0 Å². The van der Waals surface area contributed by atoms with Gasteiger partial charge in [-0.15, -0.1) is 0 Å². The first kappa shape index (κ1) is 24.0. The predicted molar refractivity (Wildman–Crippen MR) is 132 cm³/mol. The van der Waals surface area contributed by atoms with E-state index < -0.39 is 30.2 Å². The lowest BCUT2D eigenvalue weighted by molar-refractivity contribution is -0.139. The lowest BCUT2D eigenvalue weighted by Crippen LogP contribution is -2.52. The zero-order valence-corrected chi connectivity index (χ0v) is 20.0.